The highest BCUT2D eigenvalue weighted by atomic mass is 32.2. The number of thioether (sulfide) groups is 1. The first-order valence-corrected chi connectivity index (χ1v) is 7.95. The summed E-state index contributed by atoms with van der Waals surface area (Å²) in [5.41, 5.74) is 1.15. The van der Waals surface area contributed by atoms with Gasteiger partial charge in [0, 0.05) is 17.4 Å². The summed E-state index contributed by atoms with van der Waals surface area (Å²) in [4.78, 5) is 10.8. The van der Waals surface area contributed by atoms with Crippen LogP contribution in [0.15, 0.2) is 28.8 Å². The second-order valence-electron chi connectivity index (χ2n) is 4.85. The molecule has 2 aromatic rings. The van der Waals surface area contributed by atoms with Gasteiger partial charge >= 0.3 is 5.97 Å². The molecule has 2 heterocycles. The zero-order chi connectivity index (χ0) is 15.5. The van der Waals surface area contributed by atoms with Crippen LogP contribution in [0, 0.1) is 0 Å². The number of hydrogen-bond acceptors (Lipinski definition) is 6. The number of aromatic nitrogens is 1. The number of methoxy groups -OCH3 is 1. The summed E-state index contributed by atoms with van der Waals surface area (Å²) in [5, 5.41) is 12.6. The topological polar surface area (TPSA) is 81.8 Å². The fourth-order valence-electron chi connectivity index (χ4n) is 2.22. The van der Waals surface area contributed by atoms with Crippen LogP contribution in [0.4, 0.5) is 0 Å². The number of hydrogen-bond donors (Lipinski definition) is 1. The number of carboxylic acids is 1. The Morgan fingerprint density at radius 3 is 2.91 bits per heavy atom. The second-order valence-corrected chi connectivity index (χ2v) is 6.00. The van der Waals surface area contributed by atoms with E-state index in [0.717, 1.165) is 17.9 Å². The highest BCUT2D eigenvalue weighted by Gasteiger charge is 2.20. The number of carbonyl (C=O) groups is 1. The van der Waals surface area contributed by atoms with Crippen molar-refractivity contribution in [3.05, 3.63) is 30.0 Å². The van der Waals surface area contributed by atoms with Gasteiger partial charge in [-0.1, -0.05) is 5.16 Å². The Hall–Kier alpha value is -2.15. The first-order valence-electron chi connectivity index (χ1n) is 6.80. The van der Waals surface area contributed by atoms with E-state index in [1.54, 1.807) is 13.2 Å². The van der Waals surface area contributed by atoms with Crippen molar-refractivity contribution in [1.82, 2.24) is 5.16 Å². The van der Waals surface area contributed by atoms with Crippen LogP contribution in [0.3, 0.4) is 0 Å². The lowest BCUT2D eigenvalue weighted by Gasteiger charge is -2.15. The molecule has 0 amide bonds. The summed E-state index contributed by atoms with van der Waals surface area (Å²) in [6, 6.07) is 6.77. The van der Waals surface area contributed by atoms with Crippen molar-refractivity contribution in [2.45, 2.75) is 12.5 Å². The van der Waals surface area contributed by atoms with Crippen molar-refractivity contribution in [3.8, 4) is 22.8 Å². The lowest BCUT2D eigenvalue weighted by atomic mass is 10.1. The molecular formula is C15H15NO5S. The molecule has 0 spiro atoms. The van der Waals surface area contributed by atoms with Gasteiger partial charge in [-0.05, 0) is 30.4 Å². The summed E-state index contributed by atoms with van der Waals surface area (Å²) >= 11 is 1.88. The maximum Gasteiger partial charge on any atom is 0.374 e. The van der Waals surface area contributed by atoms with Gasteiger partial charge in [0.05, 0.1) is 7.11 Å². The molecule has 1 aromatic carbocycles. The number of rotatable bonds is 5. The van der Waals surface area contributed by atoms with Gasteiger partial charge in [-0.3, -0.25) is 0 Å². The molecule has 0 radical (unpaired) electrons. The summed E-state index contributed by atoms with van der Waals surface area (Å²) in [6.07, 6.45) is 1.23. The van der Waals surface area contributed by atoms with Gasteiger partial charge < -0.3 is 19.1 Å². The van der Waals surface area contributed by atoms with Crippen LogP contribution in [0.1, 0.15) is 17.0 Å². The monoisotopic (exact) mass is 321 g/mol. The highest BCUT2D eigenvalue weighted by Crippen LogP contribution is 2.34. The largest absolute Gasteiger partial charge is 0.493 e. The van der Waals surface area contributed by atoms with Crippen molar-refractivity contribution in [2.75, 3.05) is 18.6 Å². The zero-order valence-electron chi connectivity index (χ0n) is 11.9. The van der Waals surface area contributed by atoms with Gasteiger partial charge in [0.25, 0.3) is 0 Å². The Kier molecular flexibility index (Phi) is 4.24. The summed E-state index contributed by atoms with van der Waals surface area (Å²) in [5.74, 6) is 2.02. The van der Waals surface area contributed by atoms with Crippen LogP contribution < -0.4 is 9.47 Å². The first-order chi connectivity index (χ1) is 10.7. The van der Waals surface area contributed by atoms with E-state index < -0.39 is 5.97 Å². The molecule has 1 saturated heterocycles. The summed E-state index contributed by atoms with van der Waals surface area (Å²) in [6.45, 7) is 0. The standard InChI is InChI=1S/C15H15NO5S/c1-19-13-6-9(11-7-14(15(17)18)21-16-11)2-3-12(13)20-10-4-5-22-8-10/h2-3,6-7,10H,4-5,8H2,1H3,(H,17,18). The number of ether oxygens (including phenoxy) is 2. The third kappa shape index (κ3) is 3.04. The average Bonchev–Trinajstić information content (AvgIpc) is 3.18. The van der Waals surface area contributed by atoms with Gasteiger partial charge in [0.15, 0.2) is 11.5 Å². The molecule has 7 heteroatoms. The molecule has 1 aromatic heterocycles. The minimum absolute atomic E-state index is 0.197. The van der Waals surface area contributed by atoms with Crippen LogP contribution in [-0.4, -0.2) is 41.0 Å². The Bertz CT molecular complexity index is 678. The third-order valence-electron chi connectivity index (χ3n) is 3.36. The van der Waals surface area contributed by atoms with E-state index in [0.29, 0.717) is 22.8 Å². The molecule has 6 nitrogen and oxygen atoms in total. The molecule has 1 fully saturated rings. The molecule has 116 valence electrons. The molecule has 1 unspecified atom stereocenters. The van der Waals surface area contributed by atoms with Crippen LogP contribution in [0.2, 0.25) is 0 Å². The SMILES string of the molecule is COc1cc(-c2cc(C(=O)O)on2)ccc1OC1CCSC1. The Labute approximate surface area is 131 Å². The molecule has 1 aliphatic rings. The first kappa shape index (κ1) is 14.8. The Balaban J connectivity index is 1.85. The number of aromatic carboxylic acids is 1. The summed E-state index contributed by atoms with van der Waals surface area (Å²) in [7, 11) is 1.57. The maximum atomic E-state index is 10.8. The van der Waals surface area contributed by atoms with E-state index >= 15 is 0 Å². The van der Waals surface area contributed by atoms with E-state index in [9.17, 15) is 4.79 Å². The predicted molar refractivity (Wildman–Crippen MR) is 81.8 cm³/mol. The number of nitrogens with zero attached hydrogens (tertiary/aromatic N) is 1. The zero-order valence-corrected chi connectivity index (χ0v) is 12.8. The number of benzene rings is 1. The van der Waals surface area contributed by atoms with Crippen LogP contribution in [0.25, 0.3) is 11.3 Å². The van der Waals surface area contributed by atoms with E-state index in [-0.39, 0.29) is 11.9 Å². The normalized spacial score (nSPS) is 17.4. The Morgan fingerprint density at radius 2 is 2.27 bits per heavy atom. The van der Waals surface area contributed by atoms with Crippen molar-refractivity contribution >= 4 is 17.7 Å². The molecule has 1 N–H and O–H groups in total. The molecule has 1 atom stereocenters. The van der Waals surface area contributed by atoms with Crippen LogP contribution in [-0.2, 0) is 0 Å². The fourth-order valence-corrected chi connectivity index (χ4v) is 3.32. The molecule has 1 aliphatic heterocycles. The third-order valence-corrected chi connectivity index (χ3v) is 4.49. The van der Waals surface area contributed by atoms with E-state index in [1.807, 2.05) is 23.9 Å². The van der Waals surface area contributed by atoms with Crippen LogP contribution in [0.5, 0.6) is 11.5 Å². The minimum atomic E-state index is -1.15. The molecule has 0 aliphatic carbocycles. The van der Waals surface area contributed by atoms with Crippen molar-refractivity contribution in [1.29, 1.82) is 0 Å². The maximum absolute atomic E-state index is 10.8. The van der Waals surface area contributed by atoms with Gasteiger partial charge in [-0.15, -0.1) is 0 Å². The highest BCUT2D eigenvalue weighted by molar-refractivity contribution is 7.99. The van der Waals surface area contributed by atoms with E-state index in [2.05, 4.69) is 5.16 Å². The van der Waals surface area contributed by atoms with Crippen molar-refractivity contribution in [2.24, 2.45) is 0 Å². The second kappa shape index (κ2) is 6.31. The molecular weight excluding hydrogens is 306 g/mol. The fraction of sp³-hybridized carbons (Fsp3) is 0.333. The van der Waals surface area contributed by atoms with Gasteiger partial charge in [-0.25, -0.2) is 4.79 Å². The molecule has 0 bridgehead atoms. The molecule has 0 saturated carbocycles. The van der Waals surface area contributed by atoms with Crippen LogP contribution >= 0.6 is 11.8 Å². The summed E-state index contributed by atoms with van der Waals surface area (Å²) < 4.78 is 16.1. The van der Waals surface area contributed by atoms with Gasteiger partial charge in [0.1, 0.15) is 11.8 Å². The van der Waals surface area contributed by atoms with Gasteiger partial charge in [-0.2, -0.15) is 11.8 Å². The molecule has 3 rings (SSSR count). The molecule has 22 heavy (non-hydrogen) atoms. The van der Waals surface area contributed by atoms with E-state index in [1.165, 1.54) is 6.07 Å². The lowest BCUT2D eigenvalue weighted by molar-refractivity contribution is 0.0652. The van der Waals surface area contributed by atoms with E-state index in [4.69, 9.17) is 19.1 Å². The average molecular weight is 321 g/mol. The number of carboxylic acid groups (broad SMARTS) is 1. The van der Waals surface area contributed by atoms with Crippen molar-refractivity contribution < 1.29 is 23.9 Å². The lowest BCUT2D eigenvalue weighted by Crippen LogP contribution is -2.15. The predicted octanol–water partition coefficient (Wildman–Crippen LogP) is 2.93. The smallest absolute Gasteiger partial charge is 0.374 e. The quantitative estimate of drug-likeness (QED) is 0.906. The van der Waals surface area contributed by atoms with Gasteiger partial charge in [0.2, 0.25) is 5.76 Å². The minimum Gasteiger partial charge on any atom is -0.493 e. The van der Waals surface area contributed by atoms with Crippen molar-refractivity contribution in [3.63, 3.8) is 0 Å². The Morgan fingerprint density at radius 1 is 1.41 bits per heavy atom.